The van der Waals surface area contributed by atoms with Crippen LogP contribution in [0, 0.1) is 0 Å². The van der Waals surface area contributed by atoms with Crippen LogP contribution in [0.1, 0.15) is 16.1 Å². The van der Waals surface area contributed by atoms with E-state index in [4.69, 9.17) is 14.3 Å². The zero-order chi connectivity index (χ0) is 22.1. The van der Waals surface area contributed by atoms with Gasteiger partial charge in [-0.1, -0.05) is 12.1 Å². The van der Waals surface area contributed by atoms with E-state index in [9.17, 15) is 26.4 Å². The van der Waals surface area contributed by atoms with Crippen LogP contribution in [-0.2, 0) is 16.2 Å². The number of nitrogens with one attached hydrogen (secondary N) is 1. The minimum absolute atomic E-state index is 0.000306. The van der Waals surface area contributed by atoms with Gasteiger partial charge in [-0.25, -0.2) is 13.6 Å². The van der Waals surface area contributed by atoms with Gasteiger partial charge in [0.15, 0.2) is 5.76 Å². The summed E-state index contributed by atoms with van der Waals surface area (Å²) in [5, 5.41) is 7.57. The van der Waals surface area contributed by atoms with Crippen molar-refractivity contribution in [1.29, 1.82) is 0 Å². The van der Waals surface area contributed by atoms with E-state index in [1.165, 1.54) is 43.5 Å². The van der Waals surface area contributed by atoms with E-state index < -0.39 is 27.7 Å². The highest BCUT2D eigenvalue weighted by Gasteiger charge is 2.30. The molecule has 11 heteroatoms. The molecule has 30 heavy (non-hydrogen) atoms. The van der Waals surface area contributed by atoms with Gasteiger partial charge in [-0.15, -0.1) is 0 Å². The first-order valence-electron chi connectivity index (χ1n) is 8.28. The van der Waals surface area contributed by atoms with E-state index in [2.05, 4.69) is 5.32 Å². The number of anilines is 1. The van der Waals surface area contributed by atoms with Crippen LogP contribution in [0.15, 0.2) is 63.9 Å². The molecule has 1 heterocycles. The molecule has 2 aromatic carbocycles. The molecule has 0 bridgehead atoms. The monoisotopic (exact) mass is 440 g/mol. The Hall–Kier alpha value is -3.31. The van der Waals surface area contributed by atoms with E-state index in [1.54, 1.807) is 0 Å². The molecule has 0 unspecified atom stereocenters. The summed E-state index contributed by atoms with van der Waals surface area (Å²) in [4.78, 5) is 12.1. The van der Waals surface area contributed by atoms with Gasteiger partial charge >= 0.3 is 6.18 Å². The van der Waals surface area contributed by atoms with Gasteiger partial charge in [-0.05, 0) is 42.5 Å². The summed E-state index contributed by atoms with van der Waals surface area (Å²) in [5.74, 6) is -0.860. The van der Waals surface area contributed by atoms with Crippen LogP contribution < -0.4 is 15.2 Å². The molecule has 1 aromatic heterocycles. The number of hydrogen-bond acceptors (Lipinski definition) is 5. The zero-order valence-electron chi connectivity index (χ0n) is 15.4. The Kier molecular flexibility index (Phi) is 5.59. The molecule has 158 valence electrons. The molecule has 3 aromatic rings. The van der Waals surface area contributed by atoms with Crippen LogP contribution in [0.25, 0.3) is 11.3 Å². The first-order chi connectivity index (χ1) is 14.0. The average Bonchev–Trinajstić information content (AvgIpc) is 3.17. The van der Waals surface area contributed by atoms with Gasteiger partial charge in [0.2, 0.25) is 10.0 Å². The Balaban J connectivity index is 1.84. The van der Waals surface area contributed by atoms with Crippen molar-refractivity contribution in [2.45, 2.75) is 11.1 Å². The molecule has 0 radical (unpaired) electrons. The molecule has 0 aliphatic rings. The molecular weight excluding hydrogens is 425 g/mol. The number of methoxy groups -OCH3 is 1. The number of ether oxygens (including phenoxy) is 1. The maximum Gasteiger partial charge on any atom is 0.416 e. The highest BCUT2D eigenvalue weighted by molar-refractivity contribution is 7.89. The third-order valence-electron chi connectivity index (χ3n) is 4.03. The zero-order valence-corrected chi connectivity index (χ0v) is 16.2. The number of furan rings is 1. The number of sulfonamides is 1. The number of primary sulfonamides is 1. The van der Waals surface area contributed by atoms with Gasteiger partial charge in [0.1, 0.15) is 16.4 Å². The molecule has 1 amide bonds. The van der Waals surface area contributed by atoms with Crippen molar-refractivity contribution in [2.24, 2.45) is 5.14 Å². The van der Waals surface area contributed by atoms with Crippen molar-refractivity contribution in [3.8, 4) is 17.1 Å². The van der Waals surface area contributed by atoms with E-state index in [0.29, 0.717) is 0 Å². The second-order valence-corrected chi connectivity index (χ2v) is 7.64. The lowest BCUT2D eigenvalue weighted by molar-refractivity contribution is -0.137. The standard InChI is InChI=1S/C19H15F3N2O5S/c1-28-15-6-5-13(10-17(15)30(23,26)27)24-18(25)16-8-7-14(29-16)11-3-2-4-12(9-11)19(20,21)22/h2-10H,1H3,(H,24,25)(H2,23,26,27). The van der Waals surface area contributed by atoms with E-state index in [0.717, 1.165) is 18.2 Å². The Bertz CT molecular complexity index is 1200. The number of nitrogens with two attached hydrogens (primary N) is 1. The lowest BCUT2D eigenvalue weighted by Crippen LogP contribution is -2.15. The highest BCUT2D eigenvalue weighted by atomic mass is 32.2. The molecule has 0 saturated heterocycles. The lowest BCUT2D eigenvalue weighted by Gasteiger charge is -2.09. The fraction of sp³-hybridized carbons (Fsp3) is 0.105. The minimum Gasteiger partial charge on any atom is -0.495 e. The number of carbonyl (C=O) groups excluding carboxylic acids is 1. The molecular formula is C19H15F3N2O5S. The Morgan fingerprint density at radius 3 is 2.47 bits per heavy atom. The van der Waals surface area contributed by atoms with Crippen LogP contribution in [0.2, 0.25) is 0 Å². The van der Waals surface area contributed by atoms with Gasteiger partial charge in [0, 0.05) is 11.3 Å². The molecule has 0 atom stereocenters. The number of carbonyl (C=O) groups is 1. The molecule has 0 spiro atoms. The fourth-order valence-corrected chi connectivity index (χ4v) is 3.36. The van der Waals surface area contributed by atoms with Crippen LogP contribution in [0.3, 0.4) is 0 Å². The normalized spacial score (nSPS) is 11.9. The van der Waals surface area contributed by atoms with Crippen LogP contribution in [-0.4, -0.2) is 21.4 Å². The number of halogens is 3. The molecule has 0 aliphatic carbocycles. The highest BCUT2D eigenvalue weighted by Crippen LogP contribution is 2.33. The summed E-state index contributed by atoms with van der Waals surface area (Å²) in [6.45, 7) is 0. The summed E-state index contributed by atoms with van der Waals surface area (Å²) in [6, 6.07) is 10.9. The number of alkyl halides is 3. The smallest absolute Gasteiger partial charge is 0.416 e. The second-order valence-electron chi connectivity index (χ2n) is 6.11. The second kappa shape index (κ2) is 7.84. The van der Waals surface area contributed by atoms with E-state index >= 15 is 0 Å². The average molecular weight is 440 g/mol. The van der Waals surface area contributed by atoms with Gasteiger partial charge in [-0.2, -0.15) is 13.2 Å². The maximum absolute atomic E-state index is 12.9. The van der Waals surface area contributed by atoms with Crippen molar-refractivity contribution >= 4 is 21.6 Å². The van der Waals surface area contributed by atoms with Crippen molar-refractivity contribution < 1.29 is 35.5 Å². The van der Waals surface area contributed by atoms with Crippen molar-refractivity contribution in [2.75, 3.05) is 12.4 Å². The largest absolute Gasteiger partial charge is 0.495 e. The number of amides is 1. The van der Waals surface area contributed by atoms with Crippen molar-refractivity contribution in [3.63, 3.8) is 0 Å². The maximum atomic E-state index is 12.9. The molecule has 7 nitrogen and oxygen atoms in total. The Morgan fingerprint density at radius 1 is 1.10 bits per heavy atom. The van der Waals surface area contributed by atoms with E-state index in [1.807, 2.05) is 0 Å². The molecule has 3 N–H and O–H groups in total. The lowest BCUT2D eigenvalue weighted by atomic mass is 10.1. The minimum atomic E-state index is -4.52. The first kappa shape index (κ1) is 21.4. The first-order valence-corrected chi connectivity index (χ1v) is 9.83. The predicted molar refractivity (Wildman–Crippen MR) is 101 cm³/mol. The number of hydrogen-bond donors (Lipinski definition) is 2. The summed E-state index contributed by atoms with van der Waals surface area (Å²) in [7, 11) is -2.84. The quantitative estimate of drug-likeness (QED) is 0.626. The topological polar surface area (TPSA) is 112 Å². The SMILES string of the molecule is COc1ccc(NC(=O)c2ccc(-c3cccc(C(F)(F)F)c3)o2)cc1S(N)(=O)=O. The Labute approximate surface area is 169 Å². The summed E-state index contributed by atoms with van der Waals surface area (Å²) in [6.07, 6.45) is -4.52. The van der Waals surface area contributed by atoms with Gasteiger partial charge in [0.05, 0.1) is 12.7 Å². The van der Waals surface area contributed by atoms with Gasteiger partial charge in [0.25, 0.3) is 5.91 Å². The molecule has 0 fully saturated rings. The molecule has 0 saturated carbocycles. The molecule has 3 rings (SSSR count). The fourth-order valence-electron chi connectivity index (χ4n) is 2.63. The van der Waals surface area contributed by atoms with Gasteiger partial charge < -0.3 is 14.5 Å². The predicted octanol–water partition coefficient (Wildman–Crippen LogP) is 3.87. The van der Waals surface area contributed by atoms with Gasteiger partial charge in [-0.3, -0.25) is 4.79 Å². The van der Waals surface area contributed by atoms with E-state index in [-0.39, 0.29) is 33.4 Å². The van der Waals surface area contributed by atoms with Crippen LogP contribution >= 0.6 is 0 Å². The van der Waals surface area contributed by atoms with Crippen molar-refractivity contribution in [1.82, 2.24) is 0 Å². The molecule has 0 aliphatic heterocycles. The van der Waals surface area contributed by atoms with Crippen LogP contribution in [0.5, 0.6) is 5.75 Å². The number of benzene rings is 2. The summed E-state index contributed by atoms with van der Waals surface area (Å²) >= 11 is 0. The Morgan fingerprint density at radius 2 is 1.83 bits per heavy atom. The summed E-state index contributed by atoms with van der Waals surface area (Å²) < 4.78 is 72.3. The number of rotatable bonds is 5. The summed E-state index contributed by atoms with van der Waals surface area (Å²) in [5.41, 5.74) is -0.608. The van der Waals surface area contributed by atoms with Crippen molar-refractivity contribution in [3.05, 3.63) is 65.9 Å². The third kappa shape index (κ3) is 4.63. The third-order valence-corrected chi connectivity index (χ3v) is 4.96. The van der Waals surface area contributed by atoms with Crippen LogP contribution in [0.4, 0.5) is 18.9 Å².